The van der Waals surface area contributed by atoms with Gasteiger partial charge in [-0.05, 0) is 12.1 Å². The lowest BCUT2D eigenvalue weighted by Crippen LogP contribution is -2.09. The molecule has 1 unspecified atom stereocenters. The van der Waals surface area contributed by atoms with E-state index in [9.17, 15) is 5.11 Å². The van der Waals surface area contributed by atoms with Crippen LogP contribution in [0.4, 0.5) is 0 Å². The summed E-state index contributed by atoms with van der Waals surface area (Å²) in [6.07, 6.45) is 0.935. The topological polar surface area (TPSA) is 96.1 Å². The van der Waals surface area contributed by atoms with Gasteiger partial charge >= 0.3 is 0 Å². The summed E-state index contributed by atoms with van der Waals surface area (Å²) in [5.74, 6) is 1.13. The van der Waals surface area contributed by atoms with E-state index in [1.165, 1.54) is 6.26 Å². The molecule has 2 aromatic rings. The van der Waals surface area contributed by atoms with Crippen molar-refractivity contribution >= 4 is 0 Å². The molecule has 16 heavy (non-hydrogen) atoms. The van der Waals surface area contributed by atoms with Crippen LogP contribution in [0.3, 0.4) is 0 Å². The molecule has 0 saturated heterocycles. The van der Waals surface area contributed by atoms with Gasteiger partial charge in [-0.1, -0.05) is 5.16 Å². The minimum Gasteiger partial charge on any atom is -0.461 e. The Labute approximate surface area is 91.1 Å². The first-order valence-electron chi connectivity index (χ1n) is 4.71. The summed E-state index contributed by atoms with van der Waals surface area (Å²) in [5, 5.41) is 21.4. The monoisotopic (exact) mass is 219 g/mol. The zero-order valence-electron chi connectivity index (χ0n) is 8.33. The van der Waals surface area contributed by atoms with Crippen LogP contribution in [0.5, 0.6) is 0 Å². The first-order valence-corrected chi connectivity index (χ1v) is 4.71. The first kappa shape index (κ1) is 10.4. The van der Waals surface area contributed by atoms with Gasteiger partial charge in [0.25, 0.3) is 0 Å². The Bertz CT molecular complexity index is 484. The molecule has 0 amide bonds. The number of aliphatic hydroxyl groups excluding tert-OH is 1. The van der Waals surface area contributed by atoms with Crippen LogP contribution in [0, 0.1) is 11.3 Å². The Morgan fingerprint density at radius 3 is 3.12 bits per heavy atom. The van der Waals surface area contributed by atoms with Gasteiger partial charge in [0.2, 0.25) is 11.7 Å². The summed E-state index contributed by atoms with van der Waals surface area (Å²) in [7, 11) is 0. The molecular formula is C10H9N3O3. The summed E-state index contributed by atoms with van der Waals surface area (Å²) >= 11 is 0. The van der Waals surface area contributed by atoms with E-state index in [4.69, 9.17) is 14.2 Å². The molecule has 2 rings (SSSR count). The maximum atomic E-state index is 9.37. The number of rotatable bonds is 4. The minimum atomic E-state index is -0.782. The fourth-order valence-electron chi connectivity index (χ4n) is 1.22. The van der Waals surface area contributed by atoms with E-state index in [2.05, 4.69) is 10.1 Å². The van der Waals surface area contributed by atoms with Crippen molar-refractivity contribution in [3.05, 3.63) is 24.3 Å². The van der Waals surface area contributed by atoms with Crippen LogP contribution in [0.1, 0.15) is 12.3 Å². The average Bonchev–Trinajstić information content (AvgIpc) is 2.86. The molecule has 0 radical (unpaired) electrons. The van der Waals surface area contributed by atoms with E-state index in [1.807, 2.05) is 6.07 Å². The summed E-state index contributed by atoms with van der Waals surface area (Å²) in [4.78, 5) is 4.03. The molecule has 1 atom stereocenters. The number of nitrogens with zero attached hydrogens (tertiary/aromatic N) is 3. The van der Waals surface area contributed by atoms with Gasteiger partial charge in [-0.15, -0.1) is 0 Å². The predicted molar refractivity (Wildman–Crippen MR) is 51.9 cm³/mol. The van der Waals surface area contributed by atoms with Crippen molar-refractivity contribution in [3.63, 3.8) is 0 Å². The van der Waals surface area contributed by atoms with E-state index >= 15 is 0 Å². The highest BCUT2D eigenvalue weighted by molar-refractivity contribution is 5.44. The van der Waals surface area contributed by atoms with Crippen molar-refractivity contribution in [2.75, 3.05) is 0 Å². The third-order valence-electron chi connectivity index (χ3n) is 1.95. The van der Waals surface area contributed by atoms with Gasteiger partial charge in [0.1, 0.15) is 0 Å². The number of nitriles is 1. The van der Waals surface area contributed by atoms with E-state index in [-0.39, 0.29) is 18.7 Å². The van der Waals surface area contributed by atoms with Crippen LogP contribution < -0.4 is 0 Å². The molecule has 0 saturated carbocycles. The second kappa shape index (κ2) is 4.59. The molecule has 0 spiro atoms. The number of aliphatic hydroxyl groups is 1. The van der Waals surface area contributed by atoms with Gasteiger partial charge in [0.15, 0.2) is 5.76 Å². The third-order valence-corrected chi connectivity index (χ3v) is 1.95. The first-order chi connectivity index (χ1) is 7.79. The zero-order valence-corrected chi connectivity index (χ0v) is 8.33. The maximum absolute atomic E-state index is 9.37. The summed E-state index contributed by atoms with van der Waals surface area (Å²) in [6, 6.07) is 5.29. The molecule has 6 nitrogen and oxygen atoms in total. The Morgan fingerprint density at radius 2 is 2.44 bits per heavy atom. The zero-order chi connectivity index (χ0) is 11.4. The summed E-state index contributed by atoms with van der Waals surface area (Å²) in [5.41, 5.74) is 0. The van der Waals surface area contributed by atoms with Crippen LogP contribution in [0.15, 0.2) is 27.3 Å². The van der Waals surface area contributed by atoms with Gasteiger partial charge < -0.3 is 14.0 Å². The summed E-state index contributed by atoms with van der Waals surface area (Å²) < 4.78 is 10.0. The van der Waals surface area contributed by atoms with E-state index in [1.54, 1.807) is 12.1 Å². The molecule has 0 aliphatic heterocycles. The second-order valence-corrected chi connectivity index (χ2v) is 3.21. The van der Waals surface area contributed by atoms with Crippen molar-refractivity contribution in [1.82, 2.24) is 10.1 Å². The van der Waals surface area contributed by atoms with Crippen LogP contribution in [-0.2, 0) is 6.42 Å². The maximum Gasteiger partial charge on any atom is 0.238 e. The molecule has 0 fully saturated rings. The fourth-order valence-corrected chi connectivity index (χ4v) is 1.22. The number of hydrogen-bond acceptors (Lipinski definition) is 6. The van der Waals surface area contributed by atoms with Crippen molar-refractivity contribution in [2.45, 2.75) is 18.9 Å². The molecule has 1 N–H and O–H groups in total. The lowest BCUT2D eigenvalue weighted by Gasteiger charge is -1.99. The smallest absolute Gasteiger partial charge is 0.238 e. The van der Waals surface area contributed by atoms with Crippen molar-refractivity contribution < 1.29 is 14.0 Å². The molecule has 2 aromatic heterocycles. The van der Waals surface area contributed by atoms with Gasteiger partial charge in [0, 0.05) is 0 Å². The molecule has 82 valence electrons. The van der Waals surface area contributed by atoms with Crippen LogP contribution in [0.2, 0.25) is 0 Å². The van der Waals surface area contributed by atoms with Gasteiger partial charge in [0.05, 0.1) is 31.3 Å². The molecule has 0 aromatic carbocycles. The lowest BCUT2D eigenvalue weighted by atomic mass is 10.2. The standard InChI is InChI=1S/C10H9N3O3/c11-4-3-7(14)6-9-12-10(13-16-9)8-2-1-5-15-8/h1-2,5,7,14H,3,6H2. The van der Waals surface area contributed by atoms with Crippen LogP contribution >= 0.6 is 0 Å². The Morgan fingerprint density at radius 1 is 1.56 bits per heavy atom. The van der Waals surface area contributed by atoms with E-state index < -0.39 is 6.10 Å². The molecule has 2 heterocycles. The van der Waals surface area contributed by atoms with E-state index in [0.717, 1.165) is 0 Å². The van der Waals surface area contributed by atoms with E-state index in [0.29, 0.717) is 11.6 Å². The third kappa shape index (κ3) is 2.27. The lowest BCUT2D eigenvalue weighted by molar-refractivity contribution is 0.167. The normalized spacial score (nSPS) is 12.2. The van der Waals surface area contributed by atoms with Crippen molar-refractivity contribution in [1.29, 1.82) is 5.26 Å². The highest BCUT2D eigenvalue weighted by Crippen LogP contribution is 2.16. The van der Waals surface area contributed by atoms with Crippen molar-refractivity contribution in [2.24, 2.45) is 0 Å². The highest BCUT2D eigenvalue weighted by Gasteiger charge is 2.14. The summed E-state index contributed by atoms with van der Waals surface area (Å²) in [6.45, 7) is 0. The average molecular weight is 219 g/mol. The fraction of sp³-hybridized carbons (Fsp3) is 0.300. The minimum absolute atomic E-state index is 0.0401. The molecule has 0 aliphatic carbocycles. The van der Waals surface area contributed by atoms with Gasteiger partial charge in [-0.2, -0.15) is 10.2 Å². The SMILES string of the molecule is N#CCC(O)Cc1nc(-c2ccco2)no1. The number of hydrogen-bond donors (Lipinski definition) is 1. The second-order valence-electron chi connectivity index (χ2n) is 3.21. The molecule has 0 bridgehead atoms. The number of furan rings is 1. The van der Waals surface area contributed by atoms with Gasteiger partial charge in [-0.3, -0.25) is 0 Å². The Kier molecular flexibility index (Phi) is 2.98. The highest BCUT2D eigenvalue weighted by atomic mass is 16.5. The van der Waals surface area contributed by atoms with Gasteiger partial charge in [-0.25, -0.2) is 0 Å². The largest absolute Gasteiger partial charge is 0.461 e. The molecule has 0 aliphatic rings. The Balaban J connectivity index is 2.06. The van der Waals surface area contributed by atoms with Crippen molar-refractivity contribution in [3.8, 4) is 17.7 Å². The predicted octanol–water partition coefficient (Wildman–Crippen LogP) is 1.15. The number of aromatic nitrogens is 2. The molecule has 6 heteroatoms. The van der Waals surface area contributed by atoms with Crippen LogP contribution in [0.25, 0.3) is 11.6 Å². The molecular weight excluding hydrogens is 210 g/mol. The Hall–Kier alpha value is -2.13. The quantitative estimate of drug-likeness (QED) is 0.828. The van der Waals surface area contributed by atoms with Crippen LogP contribution in [-0.4, -0.2) is 21.4 Å².